The van der Waals surface area contributed by atoms with Gasteiger partial charge in [-0.15, -0.1) is 0 Å². The number of rotatable bonds is 1. The van der Waals surface area contributed by atoms with Crippen LogP contribution in [0.5, 0.6) is 0 Å². The molecule has 2 aromatic rings. The molecule has 2 atom stereocenters. The second-order valence-electron chi connectivity index (χ2n) is 5.06. The first-order chi connectivity index (χ1) is 8.74. The van der Waals surface area contributed by atoms with Crippen LogP contribution in [-0.4, -0.2) is 34.1 Å². The zero-order chi connectivity index (χ0) is 12.5. The number of fused-ring (bicyclic) bond motifs is 1. The summed E-state index contributed by atoms with van der Waals surface area (Å²) in [6.07, 6.45) is 6.26. The van der Waals surface area contributed by atoms with Crippen molar-refractivity contribution in [1.82, 2.24) is 15.0 Å². The molecular formula is C13H17N5. The third kappa shape index (κ3) is 2.01. The van der Waals surface area contributed by atoms with Crippen molar-refractivity contribution in [3.8, 4) is 0 Å². The molecular weight excluding hydrogens is 226 g/mol. The first-order valence-electron chi connectivity index (χ1n) is 6.30. The van der Waals surface area contributed by atoms with E-state index in [0.717, 1.165) is 30.7 Å². The second kappa shape index (κ2) is 4.49. The molecule has 1 fully saturated rings. The van der Waals surface area contributed by atoms with Gasteiger partial charge in [0.1, 0.15) is 5.52 Å². The van der Waals surface area contributed by atoms with Gasteiger partial charge in [-0.1, -0.05) is 6.92 Å². The third-order valence-electron chi connectivity index (χ3n) is 3.38. The smallest absolute Gasteiger partial charge is 0.180 e. The van der Waals surface area contributed by atoms with Crippen LogP contribution in [0.2, 0.25) is 0 Å². The fourth-order valence-corrected chi connectivity index (χ4v) is 2.71. The van der Waals surface area contributed by atoms with Crippen LogP contribution in [0, 0.1) is 5.92 Å². The molecule has 1 aliphatic heterocycles. The van der Waals surface area contributed by atoms with Gasteiger partial charge in [0.15, 0.2) is 5.65 Å². The average molecular weight is 243 g/mol. The van der Waals surface area contributed by atoms with Gasteiger partial charge in [0.2, 0.25) is 0 Å². The van der Waals surface area contributed by atoms with E-state index >= 15 is 0 Å². The van der Waals surface area contributed by atoms with Crippen molar-refractivity contribution < 1.29 is 0 Å². The molecule has 1 saturated heterocycles. The Labute approximate surface area is 106 Å². The Morgan fingerprint density at radius 2 is 1.94 bits per heavy atom. The molecule has 2 N–H and O–H groups in total. The summed E-state index contributed by atoms with van der Waals surface area (Å²) in [7, 11) is 0. The van der Waals surface area contributed by atoms with Crippen molar-refractivity contribution in [2.45, 2.75) is 19.4 Å². The van der Waals surface area contributed by atoms with Gasteiger partial charge in [0.05, 0.1) is 5.69 Å². The van der Waals surface area contributed by atoms with E-state index in [1.54, 1.807) is 18.6 Å². The fourth-order valence-electron chi connectivity index (χ4n) is 2.71. The molecule has 1 aliphatic rings. The van der Waals surface area contributed by atoms with Gasteiger partial charge < -0.3 is 10.6 Å². The molecule has 3 rings (SSSR count). The minimum atomic E-state index is 0.230. The van der Waals surface area contributed by atoms with E-state index in [1.807, 2.05) is 6.07 Å². The molecule has 0 bridgehead atoms. The summed E-state index contributed by atoms with van der Waals surface area (Å²) in [6, 6.07) is 2.23. The van der Waals surface area contributed by atoms with E-state index in [4.69, 9.17) is 5.73 Å². The minimum Gasteiger partial charge on any atom is -0.368 e. The van der Waals surface area contributed by atoms with Crippen LogP contribution >= 0.6 is 0 Å². The summed E-state index contributed by atoms with van der Waals surface area (Å²) in [5.74, 6) is 0.605. The topological polar surface area (TPSA) is 67.9 Å². The summed E-state index contributed by atoms with van der Waals surface area (Å²) in [5, 5.41) is 0. The highest BCUT2D eigenvalue weighted by Crippen LogP contribution is 2.26. The van der Waals surface area contributed by atoms with Crippen molar-refractivity contribution in [3.05, 3.63) is 24.7 Å². The lowest BCUT2D eigenvalue weighted by molar-refractivity contribution is 0.402. The predicted octanol–water partition coefficient (Wildman–Crippen LogP) is 1.20. The molecule has 3 heterocycles. The van der Waals surface area contributed by atoms with Crippen LogP contribution < -0.4 is 10.6 Å². The summed E-state index contributed by atoms with van der Waals surface area (Å²) < 4.78 is 0. The van der Waals surface area contributed by atoms with Crippen LogP contribution in [-0.2, 0) is 0 Å². The van der Waals surface area contributed by atoms with Crippen molar-refractivity contribution in [2.75, 3.05) is 18.0 Å². The molecule has 0 aromatic carbocycles. The zero-order valence-electron chi connectivity index (χ0n) is 10.5. The number of pyridine rings is 1. The molecule has 0 amide bonds. The number of nitrogens with two attached hydrogens (primary N) is 1. The number of nitrogens with zero attached hydrogens (tertiary/aromatic N) is 4. The Kier molecular flexibility index (Phi) is 2.83. The van der Waals surface area contributed by atoms with Gasteiger partial charge in [0.25, 0.3) is 0 Å². The van der Waals surface area contributed by atoms with Gasteiger partial charge in [-0.05, 0) is 18.4 Å². The SMILES string of the molecule is C[C@H]1C[C@@H](N)CN(c2ccnc3nccnc23)C1. The summed E-state index contributed by atoms with van der Waals surface area (Å²) in [6.45, 7) is 4.13. The van der Waals surface area contributed by atoms with Gasteiger partial charge in [0, 0.05) is 37.7 Å². The molecule has 94 valence electrons. The maximum atomic E-state index is 6.10. The lowest BCUT2D eigenvalue weighted by Gasteiger charge is -2.36. The molecule has 2 aromatic heterocycles. The fraction of sp³-hybridized carbons (Fsp3) is 0.462. The lowest BCUT2D eigenvalue weighted by Crippen LogP contribution is -2.46. The van der Waals surface area contributed by atoms with Crippen molar-refractivity contribution >= 4 is 16.9 Å². The average Bonchev–Trinajstić information content (AvgIpc) is 2.37. The molecule has 0 aliphatic carbocycles. The third-order valence-corrected chi connectivity index (χ3v) is 3.38. The van der Waals surface area contributed by atoms with E-state index in [0.29, 0.717) is 11.6 Å². The summed E-state index contributed by atoms with van der Waals surface area (Å²) in [4.78, 5) is 15.2. The number of hydrogen-bond donors (Lipinski definition) is 1. The largest absolute Gasteiger partial charge is 0.368 e. The number of anilines is 1. The van der Waals surface area contributed by atoms with E-state index < -0.39 is 0 Å². The first-order valence-corrected chi connectivity index (χ1v) is 6.30. The highest BCUT2D eigenvalue weighted by Gasteiger charge is 2.23. The zero-order valence-corrected chi connectivity index (χ0v) is 10.5. The Bertz CT molecular complexity index is 541. The quantitative estimate of drug-likeness (QED) is 0.815. The highest BCUT2D eigenvalue weighted by molar-refractivity contribution is 5.85. The normalized spacial score (nSPS) is 24.4. The van der Waals surface area contributed by atoms with Crippen LogP contribution in [0.1, 0.15) is 13.3 Å². The van der Waals surface area contributed by atoms with Crippen LogP contribution in [0.4, 0.5) is 5.69 Å². The number of piperidine rings is 1. The first kappa shape index (κ1) is 11.3. The van der Waals surface area contributed by atoms with E-state index in [1.165, 1.54) is 0 Å². The van der Waals surface area contributed by atoms with E-state index in [-0.39, 0.29) is 6.04 Å². The van der Waals surface area contributed by atoms with Crippen molar-refractivity contribution in [3.63, 3.8) is 0 Å². The molecule has 0 unspecified atom stereocenters. The molecule has 5 nitrogen and oxygen atoms in total. The van der Waals surface area contributed by atoms with Crippen LogP contribution in [0.3, 0.4) is 0 Å². The van der Waals surface area contributed by atoms with Crippen molar-refractivity contribution in [2.24, 2.45) is 11.7 Å². The monoisotopic (exact) mass is 243 g/mol. The maximum absolute atomic E-state index is 6.10. The molecule has 0 spiro atoms. The molecule has 0 radical (unpaired) electrons. The van der Waals surface area contributed by atoms with E-state index in [9.17, 15) is 0 Å². The standard InChI is InChI=1S/C13H17N5/c1-9-6-10(14)8-18(7-9)11-2-3-16-13-12(11)15-4-5-17-13/h2-5,9-10H,6-8,14H2,1H3/t9-,10+/m0/s1. The Hall–Kier alpha value is -1.75. The molecule has 18 heavy (non-hydrogen) atoms. The Balaban J connectivity index is 2.03. The second-order valence-corrected chi connectivity index (χ2v) is 5.06. The van der Waals surface area contributed by atoms with Crippen LogP contribution in [0.25, 0.3) is 11.2 Å². The van der Waals surface area contributed by atoms with Gasteiger partial charge in [-0.25, -0.2) is 15.0 Å². The highest BCUT2D eigenvalue weighted by atomic mass is 15.2. The maximum Gasteiger partial charge on any atom is 0.180 e. The summed E-state index contributed by atoms with van der Waals surface area (Å²) >= 11 is 0. The van der Waals surface area contributed by atoms with Gasteiger partial charge in [-0.2, -0.15) is 0 Å². The predicted molar refractivity (Wildman–Crippen MR) is 71.3 cm³/mol. The lowest BCUT2D eigenvalue weighted by atomic mass is 9.96. The Morgan fingerprint density at radius 1 is 1.17 bits per heavy atom. The van der Waals surface area contributed by atoms with E-state index in [2.05, 4.69) is 26.8 Å². The summed E-state index contributed by atoms with van der Waals surface area (Å²) in [5.41, 5.74) is 8.75. The molecule has 5 heteroatoms. The minimum absolute atomic E-state index is 0.230. The van der Waals surface area contributed by atoms with Crippen LogP contribution in [0.15, 0.2) is 24.7 Å². The Morgan fingerprint density at radius 3 is 2.78 bits per heavy atom. The number of aromatic nitrogens is 3. The van der Waals surface area contributed by atoms with Gasteiger partial charge >= 0.3 is 0 Å². The molecule has 0 saturated carbocycles. The van der Waals surface area contributed by atoms with Gasteiger partial charge in [-0.3, -0.25) is 0 Å². The van der Waals surface area contributed by atoms with Crippen molar-refractivity contribution in [1.29, 1.82) is 0 Å². The number of hydrogen-bond acceptors (Lipinski definition) is 5.